The van der Waals surface area contributed by atoms with Crippen LogP contribution in [0.1, 0.15) is 50.8 Å². The van der Waals surface area contributed by atoms with Crippen LogP contribution in [0.5, 0.6) is 0 Å². The summed E-state index contributed by atoms with van der Waals surface area (Å²) in [6.45, 7) is 10.2. The highest BCUT2D eigenvalue weighted by atomic mass is 14.9. The Kier molecular flexibility index (Phi) is 3.53. The van der Waals surface area contributed by atoms with Crippen LogP contribution < -0.4 is 5.32 Å². The molecule has 1 aliphatic rings. The molecule has 0 spiro atoms. The minimum absolute atomic E-state index is 0.485. The lowest BCUT2D eigenvalue weighted by Crippen LogP contribution is -2.26. The van der Waals surface area contributed by atoms with Crippen molar-refractivity contribution in [2.75, 3.05) is 6.54 Å². The third-order valence-corrected chi connectivity index (χ3v) is 4.02. The number of aromatic nitrogens is 1. The summed E-state index contributed by atoms with van der Waals surface area (Å²) in [5, 5.41) is 3.70. The molecule has 0 bridgehead atoms. The van der Waals surface area contributed by atoms with E-state index in [0.717, 1.165) is 12.5 Å². The zero-order valence-corrected chi connectivity index (χ0v) is 11.5. The molecule has 1 saturated carbocycles. The van der Waals surface area contributed by atoms with E-state index in [-0.39, 0.29) is 0 Å². The van der Waals surface area contributed by atoms with E-state index in [1.807, 2.05) is 12.4 Å². The maximum absolute atomic E-state index is 4.29. The normalized spacial score (nSPS) is 23.4. The van der Waals surface area contributed by atoms with Crippen molar-refractivity contribution in [1.82, 2.24) is 10.3 Å². The number of hydrogen-bond acceptors (Lipinski definition) is 2. The van der Waals surface area contributed by atoms with Crippen LogP contribution >= 0.6 is 0 Å². The average molecular weight is 232 g/mol. The van der Waals surface area contributed by atoms with E-state index in [9.17, 15) is 0 Å². The van der Waals surface area contributed by atoms with Gasteiger partial charge in [-0.05, 0) is 54.8 Å². The van der Waals surface area contributed by atoms with Crippen LogP contribution in [0.25, 0.3) is 0 Å². The molecule has 0 aliphatic heterocycles. The van der Waals surface area contributed by atoms with Gasteiger partial charge in [-0.3, -0.25) is 4.98 Å². The van der Waals surface area contributed by atoms with E-state index in [4.69, 9.17) is 0 Å². The van der Waals surface area contributed by atoms with Crippen molar-refractivity contribution < 1.29 is 0 Å². The Labute approximate surface area is 105 Å². The molecule has 1 aromatic heterocycles. The molecule has 1 aliphatic carbocycles. The third-order valence-electron chi connectivity index (χ3n) is 4.02. The standard InChI is InChI=1S/C15H24N2/c1-5-7-17-14(13-9-15(13,3)4)12-10-16-8-6-11(12)2/h6,8,10,13-14,17H,5,7,9H2,1-4H3. The Hall–Kier alpha value is -0.890. The van der Waals surface area contributed by atoms with Gasteiger partial charge >= 0.3 is 0 Å². The summed E-state index contributed by atoms with van der Waals surface area (Å²) in [5.41, 5.74) is 3.24. The second kappa shape index (κ2) is 4.77. The Bertz CT molecular complexity index is 384. The monoisotopic (exact) mass is 232 g/mol. The van der Waals surface area contributed by atoms with Gasteiger partial charge in [0.05, 0.1) is 0 Å². The number of nitrogens with one attached hydrogen (secondary N) is 1. The van der Waals surface area contributed by atoms with Crippen LogP contribution in [0, 0.1) is 18.3 Å². The number of pyridine rings is 1. The highest BCUT2D eigenvalue weighted by molar-refractivity contribution is 5.28. The second-order valence-corrected chi connectivity index (χ2v) is 5.96. The van der Waals surface area contributed by atoms with Gasteiger partial charge in [0.2, 0.25) is 0 Å². The minimum Gasteiger partial charge on any atom is -0.310 e. The van der Waals surface area contributed by atoms with Crippen LogP contribution in [0.2, 0.25) is 0 Å². The smallest absolute Gasteiger partial charge is 0.0371 e. The molecule has 2 heteroatoms. The molecule has 0 radical (unpaired) electrons. The molecule has 2 atom stereocenters. The van der Waals surface area contributed by atoms with Crippen LogP contribution in [-0.4, -0.2) is 11.5 Å². The zero-order valence-electron chi connectivity index (χ0n) is 11.5. The number of nitrogens with zero attached hydrogens (tertiary/aromatic N) is 1. The molecule has 2 rings (SSSR count). The van der Waals surface area contributed by atoms with Gasteiger partial charge in [-0.2, -0.15) is 0 Å². The van der Waals surface area contributed by atoms with Gasteiger partial charge in [-0.1, -0.05) is 20.8 Å². The SMILES string of the molecule is CCCNC(c1cnccc1C)C1CC1(C)C. The first kappa shape index (κ1) is 12.6. The van der Waals surface area contributed by atoms with Gasteiger partial charge in [0.15, 0.2) is 0 Å². The molecule has 1 fully saturated rings. The van der Waals surface area contributed by atoms with Crippen LogP contribution in [0.3, 0.4) is 0 Å². The summed E-state index contributed by atoms with van der Waals surface area (Å²) >= 11 is 0. The van der Waals surface area contributed by atoms with E-state index in [1.165, 1.54) is 24.0 Å². The van der Waals surface area contributed by atoms with Crippen LogP contribution in [0.15, 0.2) is 18.5 Å². The van der Waals surface area contributed by atoms with E-state index in [0.29, 0.717) is 11.5 Å². The van der Waals surface area contributed by atoms with Gasteiger partial charge in [0.25, 0.3) is 0 Å². The topological polar surface area (TPSA) is 24.9 Å². The molecule has 2 nitrogen and oxygen atoms in total. The quantitative estimate of drug-likeness (QED) is 0.840. The number of hydrogen-bond donors (Lipinski definition) is 1. The molecule has 0 aromatic carbocycles. The van der Waals surface area contributed by atoms with Crippen LogP contribution in [-0.2, 0) is 0 Å². The maximum Gasteiger partial charge on any atom is 0.0371 e. The summed E-state index contributed by atoms with van der Waals surface area (Å²) in [6.07, 6.45) is 6.43. The Balaban J connectivity index is 2.19. The summed E-state index contributed by atoms with van der Waals surface area (Å²) in [4.78, 5) is 4.29. The first-order valence-corrected chi connectivity index (χ1v) is 6.70. The van der Waals surface area contributed by atoms with Gasteiger partial charge in [-0.15, -0.1) is 0 Å². The second-order valence-electron chi connectivity index (χ2n) is 5.96. The molecule has 2 unspecified atom stereocenters. The van der Waals surface area contributed by atoms with E-state index in [2.05, 4.69) is 44.1 Å². The fourth-order valence-corrected chi connectivity index (χ4v) is 2.65. The molecule has 1 N–H and O–H groups in total. The molecule has 1 heterocycles. The molecule has 94 valence electrons. The summed E-state index contributed by atoms with van der Waals surface area (Å²) < 4.78 is 0. The lowest BCUT2D eigenvalue weighted by atomic mass is 9.95. The molecule has 0 amide bonds. The largest absolute Gasteiger partial charge is 0.310 e. The van der Waals surface area contributed by atoms with Gasteiger partial charge in [-0.25, -0.2) is 0 Å². The summed E-state index contributed by atoms with van der Waals surface area (Å²) in [6, 6.07) is 2.60. The number of aryl methyl sites for hydroxylation is 1. The third kappa shape index (κ3) is 2.68. The lowest BCUT2D eigenvalue weighted by molar-refractivity contribution is 0.414. The van der Waals surface area contributed by atoms with Crippen molar-refractivity contribution in [3.63, 3.8) is 0 Å². The van der Waals surface area contributed by atoms with Crippen molar-refractivity contribution in [2.24, 2.45) is 11.3 Å². The molecule has 0 saturated heterocycles. The summed E-state index contributed by atoms with van der Waals surface area (Å²) in [5.74, 6) is 0.761. The first-order chi connectivity index (χ1) is 8.06. The Morgan fingerprint density at radius 2 is 2.24 bits per heavy atom. The minimum atomic E-state index is 0.485. The lowest BCUT2D eigenvalue weighted by Gasteiger charge is -2.22. The van der Waals surface area contributed by atoms with Crippen molar-refractivity contribution in [3.05, 3.63) is 29.6 Å². The van der Waals surface area contributed by atoms with Crippen molar-refractivity contribution in [2.45, 2.75) is 46.6 Å². The van der Waals surface area contributed by atoms with Crippen molar-refractivity contribution >= 4 is 0 Å². The Morgan fingerprint density at radius 1 is 1.53 bits per heavy atom. The van der Waals surface area contributed by atoms with Gasteiger partial charge in [0, 0.05) is 18.4 Å². The fourth-order valence-electron chi connectivity index (χ4n) is 2.65. The Morgan fingerprint density at radius 3 is 2.76 bits per heavy atom. The van der Waals surface area contributed by atoms with E-state index >= 15 is 0 Å². The van der Waals surface area contributed by atoms with Gasteiger partial charge < -0.3 is 5.32 Å². The van der Waals surface area contributed by atoms with E-state index < -0.39 is 0 Å². The first-order valence-electron chi connectivity index (χ1n) is 6.70. The molecule has 17 heavy (non-hydrogen) atoms. The molecular formula is C15H24N2. The number of rotatable bonds is 5. The predicted octanol–water partition coefficient (Wildman–Crippen LogP) is 3.48. The maximum atomic E-state index is 4.29. The summed E-state index contributed by atoms with van der Waals surface area (Å²) in [7, 11) is 0. The zero-order chi connectivity index (χ0) is 12.5. The highest BCUT2D eigenvalue weighted by Crippen LogP contribution is 2.57. The predicted molar refractivity (Wildman–Crippen MR) is 71.9 cm³/mol. The molecular weight excluding hydrogens is 208 g/mol. The highest BCUT2D eigenvalue weighted by Gasteiger charge is 2.50. The van der Waals surface area contributed by atoms with Crippen molar-refractivity contribution in [1.29, 1.82) is 0 Å². The van der Waals surface area contributed by atoms with Gasteiger partial charge in [0.1, 0.15) is 0 Å². The van der Waals surface area contributed by atoms with E-state index in [1.54, 1.807) is 0 Å². The average Bonchev–Trinajstić information content (AvgIpc) is 2.91. The molecule has 1 aromatic rings. The fraction of sp³-hybridized carbons (Fsp3) is 0.667. The van der Waals surface area contributed by atoms with Crippen LogP contribution in [0.4, 0.5) is 0 Å². The van der Waals surface area contributed by atoms with Crippen molar-refractivity contribution in [3.8, 4) is 0 Å².